The molecule has 0 aliphatic heterocycles. The minimum atomic E-state index is -1.01. The van der Waals surface area contributed by atoms with Gasteiger partial charge >= 0.3 is 11.9 Å². The maximum Gasteiger partial charge on any atom is 0.326 e. The lowest BCUT2D eigenvalue weighted by Gasteiger charge is -2.18. The third-order valence-electron chi connectivity index (χ3n) is 9.88. The number of unbranched alkanes of at least 4 members (excludes halogenated alkanes) is 18. The van der Waals surface area contributed by atoms with Gasteiger partial charge in [-0.25, -0.2) is 4.79 Å². The minimum absolute atomic E-state index is 0.0234. The molecule has 7 heteroatoms. The third-order valence-corrected chi connectivity index (χ3v) is 9.88. The van der Waals surface area contributed by atoms with E-state index in [1.165, 1.54) is 70.6 Å². The van der Waals surface area contributed by atoms with E-state index < -0.39 is 12.0 Å². The number of esters is 1. The van der Waals surface area contributed by atoms with Crippen LogP contribution in [0.25, 0.3) is 0 Å². The van der Waals surface area contributed by atoms with E-state index in [0.717, 1.165) is 103 Å². The molecule has 2 unspecified atom stereocenters. The van der Waals surface area contributed by atoms with Gasteiger partial charge in [0.05, 0.1) is 0 Å². The Morgan fingerprint density at radius 2 is 1.04 bits per heavy atom. The molecule has 0 aromatic heterocycles. The molecular weight excluding hydrogens is 673 g/mol. The number of ether oxygens (including phenoxy) is 1. The third kappa shape index (κ3) is 37.6. The quantitative estimate of drug-likeness (QED) is 0.0325. The van der Waals surface area contributed by atoms with Gasteiger partial charge in [0.15, 0.2) is 0 Å². The van der Waals surface area contributed by atoms with Crippen LogP contribution in [-0.4, -0.2) is 41.6 Å². The lowest BCUT2D eigenvalue weighted by atomic mass is 10.0. The fourth-order valence-electron chi connectivity index (χ4n) is 6.52. The van der Waals surface area contributed by atoms with E-state index in [9.17, 15) is 19.5 Å². The number of carbonyl (C=O) groups excluding carboxylic acids is 2. The lowest BCUT2D eigenvalue weighted by Crippen LogP contribution is -2.40. The van der Waals surface area contributed by atoms with Crippen LogP contribution in [0.1, 0.15) is 213 Å². The molecule has 0 saturated carbocycles. The Kier molecular flexibility index (Phi) is 39.4. The zero-order chi connectivity index (χ0) is 39.6. The Bertz CT molecular complexity index is 989. The fraction of sp³-hybridized carbons (Fsp3) is 0.766. The smallest absolute Gasteiger partial charge is 0.326 e. The van der Waals surface area contributed by atoms with Crippen molar-refractivity contribution in [1.29, 1.82) is 0 Å². The van der Waals surface area contributed by atoms with Gasteiger partial charge in [-0.2, -0.15) is 0 Å². The first-order valence-corrected chi connectivity index (χ1v) is 22.5. The fourth-order valence-corrected chi connectivity index (χ4v) is 6.52. The summed E-state index contributed by atoms with van der Waals surface area (Å²) in [5.41, 5.74) is 5.48. The van der Waals surface area contributed by atoms with E-state index in [1.807, 2.05) is 0 Å². The Labute approximate surface area is 332 Å². The van der Waals surface area contributed by atoms with Gasteiger partial charge in [0.25, 0.3) is 0 Å². The van der Waals surface area contributed by atoms with Gasteiger partial charge in [0.1, 0.15) is 12.1 Å². The van der Waals surface area contributed by atoms with Crippen LogP contribution in [-0.2, 0) is 19.1 Å². The standard InChI is InChI=1S/C47H84N2O5/c1-3-5-7-9-11-13-15-16-17-18-19-20-22-24-26-31-35-41-46(51)54-43(37-32-28-25-23-21-14-12-10-8-6-4-2)38-33-29-27-30-34-40-45(50)49-44(47(52)53)39-36-42-48/h5,7,11,13,16-17,23,25,43-44H,3-4,6,8-10,12,14-15,18-22,24,26-42,48H2,1-2H3,(H,49,50)(H,52,53)/b7-5-,13-11-,17-16-,25-23-. The highest BCUT2D eigenvalue weighted by molar-refractivity contribution is 5.83. The molecule has 0 bridgehead atoms. The number of carboxylic acid groups (broad SMARTS) is 1. The molecule has 0 rings (SSSR count). The Balaban J connectivity index is 4.33. The van der Waals surface area contributed by atoms with Gasteiger partial charge in [-0.1, -0.05) is 146 Å². The van der Waals surface area contributed by atoms with Crippen molar-refractivity contribution < 1.29 is 24.2 Å². The van der Waals surface area contributed by atoms with E-state index in [2.05, 4.69) is 67.8 Å². The summed E-state index contributed by atoms with van der Waals surface area (Å²) < 4.78 is 6.03. The number of nitrogens with one attached hydrogen (secondary N) is 1. The molecule has 0 radical (unpaired) electrons. The normalized spacial score (nSPS) is 13.1. The van der Waals surface area contributed by atoms with Crippen LogP contribution in [0.15, 0.2) is 48.6 Å². The summed E-state index contributed by atoms with van der Waals surface area (Å²) in [5, 5.41) is 11.9. The number of rotatable bonds is 40. The molecular formula is C47H84N2O5. The van der Waals surface area contributed by atoms with E-state index in [1.54, 1.807) is 0 Å². The highest BCUT2D eigenvalue weighted by Crippen LogP contribution is 2.18. The number of hydrogen-bond donors (Lipinski definition) is 3. The summed E-state index contributed by atoms with van der Waals surface area (Å²) in [4.78, 5) is 36.4. The SMILES string of the molecule is CC/C=C\C/C=C\C/C=C\CCCCCCCCCC(=O)OC(CCC/C=C\CCCCCCCC)CCCCCCCC(=O)NC(CCCN)C(=O)O. The number of amides is 1. The first-order valence-electron chi connectivity index (χ1n) is 22.5. The summed E-state index contributed by atoms with van der Waals surface area (Å²) in [5.74, 6) is -1.26. The van der Waals surface area contributed by atoms with Gasteiger partial charge < -0.3 is 20.9 Å². The number of aliphatic carboxylic acids is 1. The largest absolute Gasteiger partial charge is 0.480 e. The van der Waals surface area contributed by atoms with E-state index >= 15 is 0 Å². The predicted octanol–water partition coefficient (Wildman–Crippen LogP) is 12.8. The van der Waals surface area contributed by atoms with Crippen molar-refractivity contribution in [3.8, 4) is 0 Å². The van der Waals surface area contributed by atoms with Crippen molar-refractivity contribution >= 4 is 17.8 Å². The summed E-state index contributed by atoms with van der Waals surface area (Å²) >= 11 is 0. The molecule has 7 nitrogen and oxygen atoms in total. The molecule has 0 fully saturated rings. The second kappa shape index (κ2) is 41.5. The molecule has 0 aromatic carbocycles. The molecule has 54 heavy (non-hydrogen) atoms. The van der Waals surface area contributed by atoms with Gasteiger partial charge in [0, 0.05) is 12.8 Å². The second-order valence-electron chi connectivity index (χ2n) is 15.1. The Hall–Kier alpha value is -2.67. The monoisotopic (exact) mass is 757 g/mol. The molecule has 0 aliphatic rings. The zero-order valence-electron chi connectivity index (χ0n) is 35.1. The maximum atomic E-state index is 12.8. The lowest BCUT2D eigenvalue weighted by molar-refractivity contribution is -0.150. The summed E-state index contributed by atoms with van der Waals surface area (Å²) in [6.45, 7) is 4.83. The van der Waals surface area contributed by atoms with Crippen LogP contribution >= 0.6 is 0 Å². The molecule has 0 saturated heterocycles. The highest BCUT2D eigenvalue weighted by atomic mass is 16.5. The van der Waals surface area contributed by atoms with Gasteiger partial charge in [0.2, 0.25) is 5.91 Å². The number of carboxylic acids is 1. The maximum absolute atomic E-state index is 12.8. The van der Waals surface area contributed by atoms with E-state index in [4.69, 9.17) is 10.5 Å². The molecule has 0 aliphatic carbocycles. The van der Waals surface area contributed by atoms with Crippen molar-refractivity contribution in [2.24, 2.45) is 5.73 Å². The van der Waals surface area contributed by atoms with Crippen LogP contribution in [0.5, 0.6) is 0 Å². The van der Waals surface area contributed by atoms with Crippen molar-refractivity contribution in [3.05, 3.63) is 48.6 Å². The Morgan fingerprint density at radius 1 is 0.556 bits per heavy atom. The zero-order valence-corrected chi connectivity index (χ0v) is 35.1. The number of allylic oxidation sites excluding steroid dienone is 8. The number of carbonyl (C=O) groups is 3. The molecule has 0 heterocycles. The van der Waals surface area contributed by atoms with Crippen molar-refractivity contribution in [2.75, 3.05) is 6.54 Å². The summed E-state index contributed by atoms with van der Waals surface area (Å²) in [6.07, 6.45) is 50.1. The van der Waals surface area contributed by atoms with Gasteiger partial charge in [-0.05, 0) is 109 Å². The average Bonchev–Trinajstić information content (AvgIpc) is 3.16. The van der Waals surface area contributed by atoms with E-state index in [-0.39, 0.29) is 18.0 Å². The highest BCUT2D eigenvalue weighted by Gasteiger charge is 2.19. The van der Waals surface area contributed by atoms with Gasteiger partial charge in [-0.3, -0.25) is 9.59 Å². The van der Waals surface area contributed by atoms with Crippen LogP contribution in [0.4, 0.5) is 0 Å². The molecule has 4 N–H and O–H groups in total. The Morgan fingerprint density at radius 3 is 1.63 bits per heavy atom. The average molecular weight is 757 g/mol. The minimum Gasteiger partial charge on any atom is -0.480 e. The molecule has 2 atom stereocenters. The summed E-state index contributed by atoms with van der Waals surface area (Å²) in [7, 11) is 0. The molecule has 0 aromatic rings. The van der Waals surface area contributed by atoms with Crippen molar-refractivity contribution in [2.45, 2.75) is 225 Å². The first kappa shape index (κ1) is 51.3. The van der Waals surface area contributed by atoms with Crippen LogP contribution in [0.3, 0.4) is 0 Å². The summed E-state index contributed by atoms with van der Waals surface area (Å²) in [6, 6.07) is -0.860. The van der Waals surface area contributed by atoms with Crippen molar-refractivity contribution in [3.63, 3.8) is 0 Å². The van der Waals surface area contributed by atoms with Gasteiger partial charge in [-0.15, -0.1) is 0 Å². The molecule has 0 spiro atoms. The van der Waals surface area contributed by atoms with E-state index in [0.29, 0.717) is 32.2 Å². The topological polar surface area (TPSA) is 119 Å². The predicted molar refractivity (Wildman–Crippen MR) is 230 cm³/mol. The van der Waals surface area contributed by atoms with Crippen molar-refractivity contribution in [1.82, 2.24) is 5.32 Å². The molecule has 1 amide bonds. The van der Waals surface area contributed by atoms with Crippen LogP contribution < -0.4 is 11.1 Å². The molecule has 312 valence electrons. The number of nitrogens with two attached hydrogens (primary N) is 1. The number of hydrogen-bond acceptors (Lipinski definition) is 5. The van der Waals surface area contributed by atoms with Crippen LogP contribution in [0.2, 0.25) is 0 Å². The van der Waals surface area contributed by atoms with Crippen LogP contribution in [0, 0.1) is 0 Å². The first-order chi connectivity index (χ1) is 26.4. The second-order valence-corrected chi connectivity index (χ2v) is 15.1.